The van der Waals surface area contributed by atoms with Gasteiger partial charge in [0.25, 0.3) is 0 Å². The second-order valence-electron chi connectivity index (χ2n) is 2.63. The number of hydrogen-bond acceptors (Lipinski definition) is 1. The maximum Gasteiger partial charge on any atom is 0.0510 e. The van der Waals surface area contributed by atoms with E-state index in [0.717, 1.165) is 11.1 Å². The first-order valence-corrected chi connectivity index (χ1v) is 4.09. The van der Waals surface area contributed by atoms with Gasteiger partial charge in [0, 0.05) is 4.91 Å². The number of nitrogens with zero attached hydrogens (tertiary/aromatic N) is 3. The molecule has 0 aromatic heterocycles. The van der Waals surface area contributed by atoms with E-state index in [-0.39, 0.29) is 0 Å². The minimum absolute atomic E-state index is 0.423. The summed E-state index contributed by atoms with van der Waals surface area (Å²) in [7, 11) is 0. The first kappa shape index (κ1) is 9.36. The number of azide groups is 1. The zero-order valence-corrected chi connectivity index (χ0v) is 7.51. The summed E-state index contributed by atoms with van der Waals surface area (Å²) in [6.45, 7) is 2.40. The molecule has 0 atom stereocenters. The van der Waals surface area contributed by atoms with Crippen LogP contribution >= 0.6 is 0 Å². The predicted octanol–water partition coefficient (Wildman–Crippen LogP) is 3.53. The Morgan fingerprint density at radius 2 is 2.08 bits per heavy atom. The fourth-order valence-corrected chi connectivity index (χ4v) is 1.04. The van der Waals surface area contributed by atoms with E-state index in [2.05, 4.69) is 10.0 Å². The second-order valence-corrected chi connectivity index (χ2v) is 2.63. The highest BCUT2D eigenvalue weighted by Gasteiger charge is 1.89. The van der Waals surface area contributed by atoms with Crippen LogP contribution < -0.4 is 0 Å². The summed E-state index contributed by atoms with van der Waals surface area (Å²) < 4.78 is 0. The van der Waals surface area contributed by atoms with Gasteiger partial charge >= 0.3 is 0 Å². The van der Waals surface area contributed by atoms with Crippen LogP contribution in [0.5, 0.6) is 0 Å². The van der Waals surface area contributed by atoms with Crippen molar-refractivity contribution in [1.82, 2.24) is 0 Å². The SMILES string of the molecule is C/C=C\c1ccc(CN=[N+]=[N-])cc1. The first-order chi connectivity index (χ1) is 6.36. The van der Waals surface area contributed by atoms with Crippen LogP contribution in [-0.2, 0) is 6.54 Å². The monoisotopic (exact) mass is 173 g/mol. The summed E-state index contributed by atoms with van der Waals surface area (Å²) in [6.07, 6.45) is 4.01. The van der Waals surface area contributed by atoms with Crippen molar-refractivity contribution in [1.29, 1.82) is 0 Å². The molecule has 3 heteroatoms. The second kappa shape index (κ2) is 5.01. The Morgan fingerprint density at radius 1 is 1.38 bits per heavy atom. The molecule has 0 radical (unpaired) electrons. The van der Waals surface area contributed by atoms with E-state index in [0.29, 0.717) is 6.54 Å². The maximum absolute atomic E-state index is 8.11. The third kappa shape index (κ3) is 3.01. The molecule has 0 spiro atoms. The average molecular weight is 173 g/mol. The highest BCUT2D eigenvalue weighted by molar-refractivity contribution is 5.49. The maximum atomic E-state index is 8.11. The fraction of sp³-hybridized carbons (Fsp3) is 0.200. The van der Waals surface area contributed by atoms with Gasteiger partial charge < -0.3 is 0 Å². The minimum Gasteiger partial charge on any atom is -0.0893 e. The number of hydrogen-bond donors (Lipinski definition) is 0. The van der Waals surface area contributed by atoms with Crippen LogP contribution in [0.15, 0.2) is 35.5 Å². The molecule has 13 heavy (non-hydrogen) atoms. The van der Waals surface area contributed by atoms with E-state index in [1.54, 1.807) is 0 Å². The topological polar surface area (TPSA) is 48.8 Å². The Hall–Kier alpha value is -1.73. The Kier molecular flexibility index (Phi) is 3.61. The lowest BCUT2D eigenvalue weighted by Gasteiger charge is -1.96. The van der Waals surface area contributed by atoms with E-state index in [1.165, 1.54) is 0 Å². The van der Waals surface area contributed by atoms with Crippen LogP contribution in [0.1, 0.15) is 18.1 Å². The molecule has 0 bridgehead atoms. The van der Waals surface area contributed by atoms with Gasteiger partial charge in [-0.05, 0) is 23.6 Å². The van der Waals surface area contributed by atoms with Crippen LogP contribution in [0.4, 0.5) is 0 Å². The van der Waals surface area contributed by atoms with E-state index in [4.69, 9.17) is 5.53 Å². The van der Waals surface area contributed by atoms with Gasteiger partial charge in [-0.2, -0.15) is 0 Å². The fourth-order valence-electron chi connectivity index (χ4n) is 1.04. The number of benzene rings is 1. The van der Waals surface area contributed by atoms with Crippen molar-refractivity contribution in [3.8, 4) is 0 Å². The van der Waals surface area contributed by atoms with E-state index in [1.807, 2.05) is 43.3 Å². The Balaban J connectivity index is 2.74. The summed E-state index contributed by atoms with van der Waals surface area (Å²) in [5, 5.41) is 3.48. The molecule has 0 amide bonds. The predicted molar refractivity (Wildman–Crippen MR) is 54.0 cm³/mol. The van der Waals surface area contributed by atoms with Crippen molar-refractivity contribution in [3.05, 3.63) is 51.9 Å². The van der Waals surface area contributed by atoms with Crippen LogP contribution in [-0.4, -0.2) is 0 Å². The molecule has 0 saturated carbocycles. The normalized spacial score (nSPS) is 9.92. The third-order valence-electron chi connectivity index (χ3n) is 1.66. The lowest BCUT2D eigenvalue weighted by Crippen LogP contribution is -1.79. The smallest absolute Gasteiger partial charge is 0.0510 e. The van der Waals surface area contributed by atoms with E-state index < -0.39 is 0 Å². The molecule has 0 heterocycles. The summed E-state index contributed by atoms with van der Waals surface area (Å²) in [4.78, 5) is 2.70. The van der Waals surface area contributed by atoms with Crippen molar-refractivity contribution in [2.45, 2.75) is 13.5 Å². The molecule has 0 fully saturated rings. The quantitative estimate of drug-likeness (QED) is 0.381. The molecule has 0 aliphatic heterocycles. The minimum atomic E-state index is 0.423. The summed E-state index contributed by atoms with van der Waals surface area (Å²) >= 11 is 0. The zero-order valence-electron chi connectivity index (χ0n) is 7.51. The van der Waals surface area contributed by atoms with Gasteiger partial charge in [-0.25, -0.2) is 0 Å². The highest BCUT2D eigenvalue weighted by Crippen LogP contribution is 2.07. The van der Waals surface area contributed by atoms with Gasteiger partial charge in [-0.1, -0.05) is 41.5 Å². The van der Waals surface area contributed by atoms with Crippen molar-refractivity contribution in [2.75, 3.05) is 0 Å². The van der Waals surface area contributed by atoms with Crippen molar-refractivity contribution < 1.29 is 0 Å². The lowest BCUT2D eigenvalue weighted by atomic mass is 10.1. The molecule has 66 valence electrons. The third-order valence-corrected chi connectivity index (χ3v) is 1.66. The van der Waals surface area contributed by atoms with Gasteiger partial charge in [-0.3, -0.25) is 0 Å². The molecule has 1 aromatic rings. The largest absolute Gasteiger partial charge is 0.0893 e. The molecule has 3 nitrogen and oxygen atoms in total. The molecule has 0 unspecified atom stereocenters. The molecule has 0 saturated heterocycles. The van der Waals surface area contributed by atoms with Gasteiger partial charge in [0.1, 0.15) is 0 Å². The number of rotatable bonds is 3. The van der Waals surface area contributed by atoms with Gasteiger partial charge in [0.2, 0.25) is 0 Å². The van der Waals surface area contributed by atoms with Crippen molar-refractivity contribution in [2.24, 2.45) is 5.11 Å². The zero-order chi connectivity index (χ0) is 9.52. The standard InChI is InChI=1S/C10H11N3/c1-2-3-9-4-6-10(7-5-9)8-12-13-11/h2-7H,8H2,1H3/b3-2-. The molecular weight excluding hydrogens is 162 g/mol. The Labute approximate surface area is 77.3 Å². The van der Waals surface area contributed by atoms with Crippen LogP contribution in [0, 0.1) is 0 Å². The Morgan fingerprint density at radius 3 is 2.62 bits per heavy atom. The van der Waals surface area contributed by atoms with Gasteiger partial charge in [0.15, 0.2) is 0 Å². The van der Waals surface area contributed by atoms with Crippen molar-refractivity contribution in [3.63, 3.8) is 0 Å². The average Bonchev–Trinajstić information content (AvgIpc) is 2.17. The van der Waals surface area contributed by atoms with Gasteiger partial charge in [-0.15, -0.1) is 0 Å². The summed E-state index contributed by atoms with van der Waals surface area (Å²) in [5.41, 5.74) is 10.3. The molecule has 0 N–H and O–H groups in total. The summed E-state index contributed by atoms with van der Waals surface area (Å²) in [6, 6.07) is 7.93. The molecule has 1 rings (SSSR count). The molecule has 0 aliphatic rings. The van der Waals surface area contributed by atoms with Crippen LogP contribution in [0.25, 0.3) is 16.5 Å². The van der Waals surface area contributed by atoms with Gasteiger partial charge in [0.05, 0.1) is 6.54 Å². The first-order valence-electron chi connectivity index (χ1n) is 4.09. The molecule has 0 aliphatic carbocycles. The van der Waals surface area contributed by atoms with E-state index >= 15 is 0 Å². The van der Waals surface area contributed by atoms with Crippen LogP contribution in [0.2, 0.25) is 0 Å². The Bertz CT molecular complexity index is 332. The van der Waals surface area contributed by atoms with E-state index in [9.17, 15) is 0 Å². The molecular formula is C10H11N3. The highest BCUT2D eigenvalue weighted by atomic mass is 15.1. The summed E-state index contributed by atoms with van der Waals surface area (Å²) in [5.74, 6) is 0. The number of allylic oxidation sites excluding steroid dienone is 1. The van der Waals surface area contributed by atoms with Crippen molar-refractivity contribution >= 4 is 6.08 Å². The lowest BCUT2D eigenvalue weighted by molar-refractivity contribution is 1.05. The molecule has 1 aromatic carbocycles. The van der Waals surface area contributed by atoms with Crippen LogP contribution in [0.3, 0.4) is 0 Å².